The molecule has 26 heavy (non-hydrogen) atoms. The van der Waals surface area contributed by atoms with Gasteiger partial charge in [-0.25, -0.2) is 13.4 Å². The number of carbonyl (C=O) groups excluding carboxylic acids is 1. The van der Waals surface area contributed by atoms with Crippen LogP contribution in [0.15, 0.2) is 18.2 Å². The van der Waals surface area contributed by atoms with Crippen LogP contribution in [0.4, 0.5) is 10.1 Å². The van der Waals surface area contributed by atoms with Crippen LogP contribution in [0.5, 0.6) is 5.75 Å². The van der Waals surface area contributed by atoms with Gasteiger partial charge in [-0.15, -0.1) is 0 Å². The molecule has 0 bridgehead atoms. The van der Waals surface area contributed by atoms with Crippen molar-refractivity contribution in [2.45, 2.75) is 37.6 Å². The number of hydrogen-bond acceptors (Lipinski definition) is 5. The number of anilines is 1. The Balaban J connectivity index is 1.71. The molecule has 7 nitrogen and oxygen atoms in total. The number of benzene rings is 1. The second-order valence-electron chi connectivity index (χ2n) is 7.09. The standard InChI is InChI=1S/C17H20FN3O4S/c18-15-12(11-3-1-6-17(19-9-11)7-2-8-17)4-5-13(22)16(15)21-10-14(23)20-26(21,24)25/h3-5,19,22H,1-2,6-10H2,(H,20,23). The number of phenolic OH excluding ortho intramolecular Hbond substituents is 1. The summed E-state index contributed by atoms with van der Waals surface area (Å²) in [7, 11) is -4.20. The van der Waals surface area contributed by atoms with Crippen molar-refractivity contribution in [1.29, 1.82) is 0 Å². The third-order valence-electron chi connectivity index (χ3n) is 5.49. The van der Waals surface area contributed by atoms with E-state index in [0.717, 1.165) is 31.3 Å². The minimum absolute atomic E-state index is 0.128. The predicted molar refractivity (Wildman–Crippen MR) is 94.3 cm³/mol. The summed E-state index contributed by atoms with van der Waals surface area (Å²) in [6.45, 7) is -0.0816. The quantitative estimate of drug-likeness (QED) is 0.719. The van der Waals surface area contributed by atoms with Crippen molar-refractivity contribution in [1.82, 2.24) is 10.0 Å². The van der Waals surface area contributed by atoms with Gasteiger partial charge in [0.1, 0.15) is 18.0 Å². The lowest BCUT2D eigenvalue weighted by atomic mass is 9.74. The van der Waals surface area contributed by atoms with E-state index in [1.165, 1.54) is 18.6 Å². The molecule has 0 radical (unpaired) electrons. The molecule has 1 amide bonds. The second-order valence-corrected chi connectivity index (χ2v) is 8.68. The average molecular weight is 381 g/mol. The Morgan fingerprint density at radius 1 is 1.23 bits per heavy atom. The minimum Gasteiger partial charge on any atom is -0.506 e. The molecule has 3 N–H and O–H groups in total. The maximum absolute atomic E-state index is 15.2. The van der Waals surface area contributed by atoms with E-state index < -0.39 is 39.9 Å². The number of nitrogens with zero attached hydrogens (tertiary/aromatic N) is 1. The molecule has 1 spiro atoms. The topological polar surface area (TPSA) is 98.7 Å². The van der Waals surface area contributed by atoms with E-state index in [-0.39, 0.29) is 11.1 Å². The molecule has 140 valence electrons. The van der Waals surface area contributed by atoms with E-state index in [1.54, 1.807) is 4.72 Å². The first-order chi connectivity index (χ1) is 12.3. The van der Waals surface area contributed by atoms with Gasteiger partial charge >= 0.3 is 10.2 Å². The van der Waals surface area contributed by atoms with Crippen molar-refractivity contribution in [3.8, 4) is 5.75 Å². The first kappa shape index (κ1) is 17.3. The Morgan fingerprint density at radius 2 is 2.00 bits per heavy atom. The largest absolute Gasteiger partial charge is 0.506 e. The van der Waals surface area contributed by atoms with Crippen molar-refractivity contribution in [2.24, 2.45) is 0 Å². The molecular weight excluding hydrogens is 361 g/mol. The molecule has 2 heterocycles. The van der Waals surface area contributed by atoms with E-state index >= 15 is 4.39 Å². The maximum Gasteiger partial charge on any atom is 0.326 e. The molecule has 1 saturated heterocycles. The number of phenols is 1. The highest BCUT2D eigenvalue weighted by atomic mass is 32.2. The van der Waals surface area contributed by atoms with Crippen LogP contribution in [0.1, 0.15) is 37.7 Å². The number of rotatable bonds is 2. The van der Waals surface area contributed by atoms with Crippen LogP contribution < -0.4 is 14.3 Å². The van der Waals surface area contributed by atoms with Crippen LogP contribution in [-0.4, -0.2) is 38.1 Å². The molecular formula is C17H20FN3O4S. The zero-order valence-electron chi connectivity index (χ0n) is 14.1. The fourth-order valence-corrected chi connectivity index (χ4v) is 5.05. The highest BCUT2D eigenvalue weighted by Crippen LogP contribution is 2.40. The Labute approximate surface area is 151 Å². The average Bonchev–Trinajstić information content (AvgIpc) is 2.72. The number of aromatic hydroxyl groups is 1. The minimum atomic E-state index is -4.20. The van der Waals surface area contributed by atoms with E-state index in [2.05, 4.69) is 5.32 Å². The van der Waals surface area contributed by atoms with E-state index in [4.69, 9.17) is 0 Å². The van der Waals surface area contributed by atoms with Crippen molar-refractivity contribution in [2.75, 3.05) is 17.4 Å². The summed E-state index contributed by atoms with van der Waals surface area (Å²) >= 11 is 0. The van der Waals surface area contributed by atoms with Gasteiger partial charge in [-0.2, -0.15) is 8.42 Å². The van der Waals surface area contributed by atoms with Gasteiger partial charge in [0.2, 0.25) is 0 Å². The zero-order chi connectivity index (χ0) is 18.5. The highest BCUT2D eigenvalue weighted by molar-refractivity contribution is 7.92. The summed E-state index contributed by atoms with van der Waals surface area (Å²) in [4.78, 5) is 11.5. The molecule has 0 aromatic heterocycles. The summed E-state index contributed by atoms with van der Waals surface area (Å²) in [5.74, 6) is -2.14. The summed E-state index contributed by atoms with van der Waals surface area (Å²) in [6.07, 6.45) is 7.16. The third kappa shape index (κ3) is 2.75. The first-order valence-corrected chi connectivity index (χ1v) is 10.0. The first-order valence-electron chi connectivity index (χ1n) is 8.61. The molecule has 1 aliphatic carbocycles. The van der Waals surface area contributed by atoms with Crippen LogP contribution in [0.3, 0.4) is 0 Å². The summed E-state index contributed by atoms with van der Waals surface area (Å²) in [5, 5.41) is 13.6. The molecule has 2 fully saturated rings. The van der Waals surface area contributed by atoms with Gasteiger partial charge in [-0.1, -0.05) is 6.08 Å². The lowest BCUT2D eigenvalue weighted by Crippen LogP contribution is -2.50. The Morgan fingerprint density at radius 3 is 2.62 bits per heavy atom. The maximum atomic E-state index is 15.2. The number of hydrogen-bond donors (Lipinski definition) is 3. The molecule has 9 heteroatoms. The van der Waals surface area contributed by atoms with Gasteiger partial charge in [0.05, 0.1) is 0 Å². The van der Waals surface area contributed by atoms with Crippen molar-refractivity contribution in [3.63, 3.8) is 0 Å². The molecule has 0 atom stereocenters. The molecule has 1 aromatic rings. The normalized spacial score (nSPS) is 24.0. The lowest BCUT2D eigenvalue weighted by Gasteiger charge is -2.42. The fraction of sp³-hybridized carbons (Fsp3) is 0.471. The van der Waals surface area contributed by atoms with Crippen LogP contribution in [0.2, 0.25) is 0 Å². The fourth-order valence-electron chi connectivity index (χ4n) is 3.89. The van der Waals surface area contributed by atoms with Crippen LogP contribution in [0.25, 0.3) is 5.57 Å². The Hall–Kier alpha value is -2.13. The SMILES string of the molecule is O=C1CN(c2c(O)ccc(C3=CCCC4(CCC4)NC3)c2F)S(=O)(=O)N1. The van der Waals surface area contributed by atoms with Crippen LogP contribution in [0, 0.1) is 5.82 Å². The number of halogens is 1. The molecule has 1 saturated carbocycles. The number of amides is 1. The number of carbonyl (C=O) groups is 1. The predicted octanol–water partition coefficient (Wildman–Crippen LogP) is 1.40. The van der Waals surface area contributed by atoms with E-state index in [1.807, 2.05) is 6.08 Å². The van der Waals surface area contributed by atoms with Crippen molar-refractivity contribution < 1.29 is 22.7 Å². The summed E-state index contributed by atoms with van der Waals surface area (Å²) in [5.41, 5.74) is 0.590. The third-order valence-corrected chi connectivity index (χ3v) is 6.87. The molecule has 3 aliphatic rings. The highest BCUT2D eigenvalue weighted by Gasteiger charge is 2.39. The van der Waals surface area contributed by atoms with Crippen LogP contribution >= 0.6 is 0 Å². The second kappa shape index (κ2) is 5.95. The van der Waals surface area contributed by atoms with Crippen molar-refractivity contribution >= 4 is 27.4 Å². The Kier molecular flexibility index (Phi) is 3.96. The molecule has 4 rings (SSSR count). The van der Waals surface area contributed by atoms with Crippen LogP contribution in [-0.2, 0) is 15.0 Å². The van der Waals surface area contributed by atoms with E-state index in [9.17, 15) is 18.3 Å². The molecule has 2 aliphatic heterocycles. The monoisotopic (exact) mass is 381 g/mol. The van der Waals surface area contributed by atoms with Gasteiger partial charge in [-0.3, -0.25) is 4.79 Å². The zero-order valence-corrected chi connectivity index (χ0v) is 14.9. The molecule has 1 aromatic carbocycles. The van der Waals surface area contributed by atoms with Gasteiger partial charge in [0.15, 0.2) is 5.82 Å². The Bertz CT molecular complexity index is 909. The van der Waals surface area contributed by atoms with Gasteiger partial charge in [0, 0.05) is 17.6 Å². The number of allylic oxidation sites excluding steroid dienone is 1. The van der Waals surface area contributed by atoms with Gasteiger partial charge < -0.3 is 10.4 Å². The van der Waals surface area contributed by atoms with Gasteiger partial charge in [-0.05, 0) is 49.8 Å². The lowest BCUT2D eigenvalue weighted by molar-refractivity contribution is -0.117. The van der Waals surface area contributed by atoms with Crippen molar-refractivity contribution in [3.05, 3.63) is 29.6 Å². The summed E-state index contributed by atoms with van der Waals surface area (Å²) in [6, 6.07) is 2.70. The van der Waals surface area contributed by atoms with E-state index in [0.29, 0.717) is 10.8 Å². The number of nitrogens with one attached hydrogen (secondary N) is 2. The summed E-state index contributed by atoms with van der Waals surface area (Å²) < 4.78 is 41.6. The van der Waals surface area contributed by atoms with Gasteiger partial charge in [0.25, 0.3) is 5.91 Å². The smallest absolute Gasteiger partial charge is 0.326 e. The molecule has 0 unspecified atom stereocenters.